The molecule has 1 heterocycles. The fourth-order valence-electron chi connectivity index (χ4n) is 2.94. The molecule has 3 heteroatoms. The van der Waals surface area contributed by atoms with Crippen molar-refractivity contribution in [2.45, 2.75) is 39.3 Å². The summed E-state index contributed by atoms with van der Waals surface area (Å²) in [6, 6.07) is 17.2. The zero-order chi connectivity index (χ0) is 15.4. The highest BCUT2D eigenvalue weighted by molar-refractivity contribution is 5.77. The van der Waals surface area contributed by atoms with Crippen LogP contribution in [-0.4, -0.2) is 9.55 Å². The van der Waals surface area contributed by atoms with Crippen LogP contribution in [-0.2, 0) is 25.9 Å². The van der Waals surface area contributed by atoms with E-state index in [0.29, 0.717) is 6.54 Å². The second-order valence-corrected chi connectivity index (χ2v) is 5.65. The number of imidazole rings is 1. The molecule has 3 aromatic rings. The number of benzene rings is 2. The lowest BCUT2D eigenvalue weighted by Crippen LogP contribution is -2.09. The quantitative estimate of drug-likeness (QED) is 0.753. The fourth-order valence-corrected chi connectivity index (χ4v) is 2.94. The molecule has 0 amide bonds. The summed E-state index contributed by atoms with van der Waals surface area (Å²) >= 11 is 0. The van der Waals surface area contributed by atoms with E-state index in [1.807, 2.05) is 0 Å². The Morgan fingerprint density at radius 1 is 1.05 bits per heavy atom. The van der Waals surface area contributed by atoms with E-state index in [2.05, 4.69) is 60.0 Å². The van der Waals surface area contributed by atoms with Gasteiger partial charge in [-0.25, -0.2) is 4.98 Å². The summed E-state index contributed by atoms with van der Waals surface area (Å²) in [7, 11) is 0. The van der Waals surface area contributed by atoms with E-state index in [1.54, 1.807) is 0 Å². The fraction of sp³-hybridized carbons (Fsp3) is 0.316. The van der Waals surface area contributed by atoms with Gasteiger partial charge in [0.05, 0.1) is 17.6 Å². The second-order valence-electron chi connectivity index (χ2n) is 5.65. The van der Waals surface area contributed by atoms with Crippen LogP contribution in [0, 0.1) is 0 Å². The van der Waals surface area contributed by atoms with Gasteiger partial charge in [0.15, 0.2) is 0 Å². The molecule has 0 aliphatic heterocycles. The third-order valence-corrected chi connectivity index (χ3v) is 4.17. The minimum absolute atomic E-state index is 0.488. The van der Waals surface area contributed by atoms with Gasteiger partial charge >= 0.3 is 0 Å². The van der Waals surface area contributed by atoms with Crippen LogP contribution in [0.25, 0.3) is 11.0 Å². The molecular weight excluding hydrogens is 270 g/mol. The van der Waals surface area contributed by atoms with Crippen molar-refractivity contribution in [2.75, 3.05) is 0 Å². The van der Waals surface area contributed by atoms with Crippen LogP contribution in [0.2, 0.25) is 0 Å². The van der Waals surface area contributed by atoms with Crippen molar-refractivity contribution in [3.05, 3.63) is 65.5 Å². The number of rotatable bonds is 6. The van der Waals surface area contributed by atoms with Gasteiger partial charge in [0.2, 0.25) is 0 Å². The lowest BCUT2D eigenvalue weighted by molar-refractivity contribution is 0.626. The number of nitrogens with zero attached hydrogens (tertiary/aromatic N) is 2. The largest absolute Gasteiger partial charge is 0.327 e. The van der Waals surface area contributed by atoms with Gasteiger partial charge in [0, 0.05) is 6.54 Å². The van der Waals surface area contributed by atoms with Gasteiger partial charge in [0.25, 0.3) is 0 Å². The summed E-state index contributed by atoms with van der Waals surface area (Å²) < 4.78 is 2.28. The lowest BCUT2D eigenvalue weighted by atomic mass is 10.1. The molecule has 0 saturated carbocycles. The van der Waals surface area contributed by atoms with Crippen LogP contribution in [0.1, 0.15) is 30.3 Å². The van der Waals surface area contributed by atoms with E-state index in [-0.39, 0.29) is 0 Å². The maximum Gasteiger partial charge on any atom is 0.123 e. The van der Waals surface area contributed by atoms with Crippen LogP contribution in [0.5, 0.6) is 0 Å². The van der Waals surface area contributed by atoms with Crippen molar-refractivity contribution >= 4 is 11.0 Å². The van der Waals surface area contributed by atoms with Crippen LogP contribution in [0.3, 0.4) is 0 Å². The Kier molecular flexibility index (Phi) is 4.54. The highest BCUT2D eigenvalue weighted by Gasteiger charge is 2.09. The first kappa shape index (κ1) is 14.8. The number of aromatic nitrogens is 2. The molecule has 0 saturated heterocycles. The van der Waals surface area contributed by atoms with Crippen LogP contribution in [0.15, 0.2) is 48.5 Å². The summed E-state index contributed by atoms with van der Waals surface area (Å²) in [5.41, 5.74) is 10.9. The topological polar surface area (TPSA) is 43.8 Å². The number of nitrogens with two attached hydrogens (primary N) is 1. The van der Waals surface area contributed by atoms with Crippen molar-refractivity contribution in [3.8, 4) is 0 Å². The average molecular weight is 293 g/mol. The van der Waals surface area contributed by atoms with Gasteiger partial charge in [-0.2, -0.15) is 0 Å². The van der Waals surface area contributed by atoms with E-state index in [4.69, 9.17) is 10.7 Å². The number of hydrogen-bond acceptors (Lipinski definition) is 2. The molecule has 0 spiro atoms. The number of aryl methyl sites for hydroxylation is 3. The Labute approximate surface area is 131 Å². The molecule has 114 valence electrons. The van der Waals surface area contributed by atoms with E-state index in [0.717, 1.165) is 37.1 Å². The van der Waals surface area contributed by atoms with E-state index in [9.17, 15) is 0 Å². The van der Waals surface area contributed by atoms with Gasteiger partial charge in [-0.05, 0) is 42.5 Å². The summed E-state index contributed by atoms with van der Waals surface area (Å²) in [5.74, 6) is 0.983. The third kappa shape index (κ3) is 3.04. The molecule has 0 aliphatic carbocycles. The van der Waals surface area contributed by atoms with Crippen LogP contribution in [0.4, 0.5) is 0 Å². The monoisotopic (exact) mass is 293 g/mol. The average Bonchev–Trinajstić information content (AvgIpc) is 2.93. The molecule has 3 rings (SSSR count). The Morgan fingerprint density at radius 3 is 2.59 bits per heavy atom. The van der Waals surface area contributed by atoms with Crippen molar-refractivity contribution in [3.63, 3.8) is 0 Å². The van der Waals surface area contributed by atoms with Crippen LogP contribution < -0.4 is 5.73 Å². The van der Waals surface area contributed by atoms with Gasteiger partial charge in [-0.3, -0.25) is 0 Å². The lowest BCUT2D eigenvalue weighted by Gasteiger charge is -2.08. The molecule has 22 heavy (non-hydrogen) atoms. The minimum Gasteiger partial charge on any atom is -0.327 e. The van der Waals surface area contributed by atoms with Gasteiger partial charge in [-0.15, -0.1) is 0 Å². The van der Waals surface area contributed by atoms with E-state index >= 15 is 0 Å². The molecular formula is C19H23N3. The molecule has 1 aromatic heterocycles. The molecule has 0 atom stereocenters. The first-order chi connectivity index (χ1) is 10.8. The van der Waals surface area contributed by atoms with Crippen molar-refractivity contribution in [1.82, 2.24) is 9.55 Å². The summed E-state index contributed by atoms with van der Waals surface area (Å²) in [4.78, 5) is 4.70. The third-order valence-electron chi connectivity index (χ3n) is 4.17. The smallest absolute Gasteiger partial charge is 0.123 e. The van der Waals surface area contributed by atoms with Crippen molar-refractivity contribution in [1.29, 1.82) is 0 Å². The predicted molar refractivity (Wildman–Crippen MR) is 91.8 cm³/mol. The molecule has 0 aliphatic rings. The highest BCUT2D eigenvalue weighted by atomic mass is 15.1. The molecule has 2 aromatic carbocycles. The van der Waals surface area contributed by atoms with Crippen molar-refractivity contribution in [2.24, 2.45) is 5.73 Å². The molecule has 0 bridgehead atoms. The van der Waals surface area contributed by atoms with Crippen LogP contribution >= 0.6 is 0 Å². The standard InChI is InChI=1S/C19H23N3/c1-2-15-10-11-18-17(13-15)21-19(14-20)22(18)12-6-9-16-7-4-3-5-8-16/h3-5,7-8,10-11,13H,2,6,9,12,14,20H2,1H3. The summed E-state index contributed by atoms with van der Waals surface area (Å²) in [6.07, 6.45) is 3.21. The Balaban J connectivity index is 1.80. The van der Waals surface area contributed by atoms with Gasteiger partial charge in [-0.1, -0.05) is 43.3 Å². The molecule has 3 nitrogen and oxygen atoms in total. The Hall–Kier alpha value is -2.13. The van der Waals surface area contributed by atoms with E-state index < -0.39 is 0 Å². The second kappa shape index (κ2) is 6.75. The number of hydrogen-bond donors (Lipinski definition) is 1. The SMILES string of the molecule is CCc1ccc2c(c1)nc(CN)n2CCCc1ccccc1. The first-order valence-electron chi connectivity index (χ1n) is 8.04. The van der Waals surface area contributed by atoms with Gasteiger partial charge in [0.1, 0.15) is 5.82 Å². The maximum atomic E-state index is 5.88. The number of fused-ring (bicyclic) bond motifs is 1. The zero-order valence-electron chi connectivity index (χ0n) is 13.1. The zero-order valence-corrected chi connectivity index (χ0v) is 13.1. The molecule has 2 N–H and O–H groups in total. The molecule has 0 unspecified atom stereocenters. The predicted octanol–water partition coefficient (Wildman–Crippen LogP) is 3.69. The van der Waals surface area contributed by atoms with Gasteiger partial charge < -0.3 is 10.3 Å². The first-order valence-corrected chi connectivity index (χ1v) is 8.04. The van der Waals surface area contributed by atoms with Crippen molar-refractivity contribution < 1.29 is 0 Å². The highest BCUT2D eigenvalue weighted by Crippen LogP contribution is 2.19. The molecule has 0 fully saturated rings. The van der Waals surface area contributed by atoms with E-state index in [1.165, 1.54) is 16.6 Å². The summed E-state index contributed by atoms with van der Waals surface area (Å²) in [5, 5.41) is 0. The maximum absolute atomic E-state index is 5.88. The molecule has 0 radical (unpaired) electrons. The minimum atomic E-state index is 0.488. The Morgan fingerprint density at radius 2 is 1.86 bits per heavy atom. The summed E-state index contributed by atoms with van der Waals surface area (Å²) in [6.45, 7) is 3.62. The Bertz CT molecular complexity index is 744. The normalized spacial score (nSPS) is 11.2.